The van der Waals surface area contributed by atoms with E-state index in [0.717, 1.165) is 68.4 Å². The summed E-state index contributed by atoms with van der Waals surface area (Å²) < 4.78 is 11.6. The van der Waals surface area contributed by atoms with Crippen molar-refractivity contribution in [3.05, 3.63) is 52.4 Å². The molecule has 1 aliphatic rings. The number of guanidine groups is 1. The van der Waals surface area contributed by atoms with Gasteiger partial charge in [-0.25, -0.2) is 4.99 Å². The summed E-state index contributed by atoms with van der Waals surface area (Å²) in [5, 5.41) is 11.1. The lowest BCUT2D eigenvalue weighted by molar-refractivity contribution is -0.0265. The second-order valence-electron chi connectivity index (χ2n) is 7.92. The molecule has 0 bridgehead atoms. The lowest BCUT2D eigenvalue weighted by Gasteiger charge is -2.32. The Morgan fingerprint density at radius 2 is 1.90 bits per heavy atom. The molecule has 1 saturated heterocycles. The molecule has 1 aromatic carbocycles. The molecule has 3 rings (SSSR count). The number of halogens is 1. The molecule has 2 heterocycles. The van der Waals surface area contributed by atoms with Crippen LogP contribution in [0.3, 0.4) is 0 Å². The first-order valence-corrected chi connectivity index (χ1v) is 11.3. The van der Waals surface area contributed by atoms with E-state index in [-0.39, 0.29) is 30.1 Å². The van der Waals surface area contributed by atoms with E-state index in [1.165, 1.54) is 11.1 Å². The Hall–Kier alpha value is -1.61. The molecule has 6 nitrogen and oxygen atoms in total. The summed E-state index contributed by atoms with van der Waals surface area (Å²) in [5.74, 6) is 2.18. The van der Waals surface area contributed by atoms with Crippen LogP contribution in [-0.2, 0) is 24.1 Å². The number of benzene rings is 1. The van der Waals surface area contributed by atoms with Gasteiger partial charge in [0.2, 0.25) is 0 Å². The SMILES string of the molecule is CCNC(=NCc1c(CC)noc1CC)NCC1CCCOC1c1ccc(C)cc1.I. The molecular weight excluding hydrogens is 503 g/mol. The van der Waals surface area contributed by atoms with E-state index in [2.05, 4.69) is 67.8 Å². The Morgan fingerprint density at radius 3 is 2.58 bits per heavy atom. The highest BCUT2D eigenvalue weighted by Crippen LogP contribution is 2.33. The Bertz CT molecular complexity index is 798. The maximum absolute atomic E-state index is 6.17. The number of nitrogens with one attached hydrogen (secondary N) is 2. The number of hydrogen-bond donors (Lipinski definition) is 2. The Kier molecular flexibility index (Phi) is 10.8. The van der Waals surface area contributed by atoms with Gasteiger partial charge in [-0.15, -0.1) is 24.0 Å². The number of hydrogen-bond acceptors (Lipinski definition) is 4. The number of aryl methyl sites for hydroxylation is 3. The van der Waals surface area contributed by atoms with Crippen molar-refractivity contribution in [2.75, 3.05) is 19.7 Å². The number of rotatable bonds is 8. The predicted molar refractivity (Wildman–Crippen MR) is 136 cm³/mol. The molecule has 0 saturated carbocycles. The maximum Gasteiger partial charge on any atom is 0.191 e. The second-order valence-corrected chi connectivity index (χ2v) is 7.92. The fourth-order valence-electron chi connectivity index (χ4n) is 4.02. The van der Waals surface area contributed by atoms with Crippen LogP contribution in [0.4, 0.5) is 0 Å². The first-order chi connectivity index (χ1) is 14.7. The smallest absolute Gasteiger partial charge is 0.191 e. The zero-order valence-corrected chi connectivity index (χ0v) is 21.6. The van der Waals surface area contributed by atoms with Crippen LogP contribution in [0.1, 0.15) is 67.9 Å². The van der Waals surface area contributed by atoms with E-state index in [1.807, 2.05) is 0 Å². The number of ether oxygens (including phenoxy) is 1. The average Bonchev–Trinajstić information content (AvgIpc) is 3.18. The van der Waals surface area contributed by atoms with Crippen molar-refractivity contribution in [1.82, 2.24) is 15.8 Å². The van der Waals surface area contributed by atoms with E-state index in [1.54, 1.807) is 0 Å². The topological polar surface area (TPSA) is 71.7 Å². The van der Waals surface area contributed by atoms with Crippen LogP contribution >= 0.6 is 24.0 Å². The third-order valence-electron chi connectivity index (χ3n) is 5.73. The van der Waals surface area contributed by atoms with Crippen LogP contribution in [0.15, 0.2) is 33.8 Å². The molecule has 31 heavy (non-hydrogen) atoms. The molecule has 7 heteroatoms. The minimum Gasteiger partial charge on any atom is -0.373 e. The van der Waals surface area contributed by atoms with Gasteiger partial charge in [-0.2, -0.15) is 0 Å². The zero-order chi connectivity index (χ0) is 21.3. The molecule has 0 amide bonds. The third kappa shape index (κ3) is 6.94. The van der Waals surface area contributed by atoms with Crippen molar-refractivity contribution in [3.8, 4) is 0 Å². The van der Waals surface area contributed by atoms with E-state index < -0.39 is 0 Å². The van der Waals surface area contributed by atoms with Crippen LogP contribution in [-0.4, -0.2) is 30.8 Å². The molecule has 2 unspecified atom stereocenters. The molecule has 172 valence electrons. The summed E-state index contributed by atoms with van der Waals surface area (Å²) in [7, 11) is 0. The summed E-state index contributed by atoms with van der Waals surface area (Å²) >= 11 is 0. The highest BCUT2D eigenvalue weighted by atomic mass is 127. The van der Waals surface area contributed by atoms with Gasteiger partial charge in [-0.1, -0.05) is 48.8 Å². The van der Waals surface area contributed by atoms with Gasteiger partial charge in [0.05, 0.1) is 18.3 Å². The molecule has 0 aliphatic carbocycles. The maximum atomic E-state index is 6.17. The summed E-state index contributed by atoms with van der Waals surface area (Å²) in [6.07, 6.45) is 4.07. The van der Waals surface area contributed by atoms with Gasteiger partial charge < -0.3 is 19.9 Å². The Morgan fingerprint density at radius 1 is 1.13 bits per heavy atom. The molecule has 0 spiro atoms. The fourth-order valence-corrected chi connectivity index (χ4v) is 4.02. The van der Waals surface area contributed by atoms with Crippen LogP contribution < -0.4 is 10.6 Å². The molecular formula is C24H37IN4O2. The molecule has 2 aromatic rings. The Balaban J connectivity index is 0.00000341. The normalized spacial score (nSPS) is 19.0. The number of nitrogens with zero attached hydrogens (tertiary/aromatic N) is 2. The largest absolute Gasteiger partial charge is 0.373 e. The number of aliphatic imine (C=N–C) groups is 1. The van der Waals surface area contributed by atoms with Gasteiger partial charge in [0, 0.05) is 37.6 Å². The van der Waals surface area contributed by atoms with E-state index in [4.69, 9.17) is 14.3 Å². The molecule has 1 fully saturated rings. The molecule has 2 N–H and O–H groups in total. The molecule has 1 aromatic heterocycles. The van der Waals surface area contributed by atoms with Gasteiger partial charge in [0.25, 0.3) is 0 Å². The van der Waals surface area contributed by atoms with Gasteiger partial charge in [0.1, 0.15) is 5.76 Å². The molecule has 1 aliphatic heterocycles. The van der Waals surface area contributed by atoms with Gasteiger partial charge in [0.15, 0.2) is 5.96 Å². The summed E-state index contributed by atoms with van der Waals surface area (Å²) in [6.45, 7) is 11.4. The highest BCUT2D eigenvalue weighted by molar-refractivity contribution is 14.0. The first kappa shape index (κ1) is 25.6. The van der Waals surface area contributed by atoms with Crippen molar-refractivity contribution in [2.24, 2.45) is 10.9 Å². The van der Waals surface area contributed by atoms with Crippen LogP contribution in [0, 0.1) is 12.8 Å². The number of aromatic nitrogens is 1. The van der Waals surface area contributed by atoms with Gasteiger partial charge in [-0.3, -0.25) is 0 Å². The van der Waals surface area contributed by atoms with Crippen molar-refractivity contribution < 1.29 is 9.26 Å². The highest BCUT2D eigenvalue weighted by Gasteiger charge is 2.27. The van der Waals surface area contributed by atoms with Crippen molar-refractivity contribution in [2.45, 2.75) is 66.0 Å². The van der Waals surface area contributed by atoms with Crippen molar-refractivity contribution in [1.29, 1.82) is 0 Å². The van der Waals surface area contributed by atoms with Crippen LogP contribution in [0.2, 0.25) is 0 Å². The third-order valence-corrected chi connectivity index (χ3v) is 5.73. The average molecular weight is 540 g/mol. The molecule has 2 atom stereocenters. The summed E-state index contributed by atoms with van der Waals surface area (Å²) in [6, 6.07) is 8.72. The van der Waals surface area contributed by atoms with Gasteiger partial charge >= 0.3 is 0 Å². The van der Waals surface area contributed by atoms with Gasteiger partial charge in [-0.05, 0) is 38.7 Å². The monoisotopic (exact) mass is 540 g/mol. The summed E-state index contributed by atoms with van der Waals surface area (Å²) in [4.78, 5) is 4.82. The van der Waals surface area contributed by atoms with Crippen molar-refractivity contribution >= 4 is 29.9 Å². The standard InChI is InChI=1S/C24H36N4O2.HI/c1-5-21-20(22(6-2)30-28-21)16-27-24(25-7-3)26-15-19-9-8-14-29-23(19)18-12-10-17(4)11-13-18;/h10-13,19,23H,5-9,14-16H2,1-4H3,(H2,25,26,27);1H. The first-order valence-electron chi connectivity index (χ1n) is 11.3. The molecule has 0 radical (unpaired) electrons. The quantitative estimate of drug-likeness (QED) is 0.282. The second kappa shape index (κ2) is 13.1. The lowest BCUT2D eigenvalue weighted by Crippen LogP contribution is -2.42. The van der Waals surface area contributed by atoms with E-state index in [9.17, 15) is 0 Å². The Labute approximate surface area is 203 Å². The van der Waals surface area contributed by atoms with Crippen LogP contribution in [0.25, 0.3) is 0 Å². The van der Waals surface area contributed by atoms with E-state index >= 15 is 0 Å². The summed E-state index contributed by atoms with van der Waals surface area (Å²) in [5.41, 5.74) is 4.67. The zero-order valence-electron chi connectivity index (χ0n) is 19.2. The minimum absolute atomic E-state index is 0. The fraction of sp³-hybridized carbons (Fsp3) is 0.583. The predicted octanol–water partition coefficient (Wildman–Crippen LogP) is 4.95. The lowest BCUT2D eigenvalue weighted by atomic mass is 9.89. The van der Waals surface area contributed by atoms with Crippen LogP contribution in [0.5, 0.6) is 0 Å². The van der Waals surface area contributed by atoms with Crippen molar-refractivity contribution in [3.63, 3.8) is 0 Å². The van der Waals surface area contributed by atoms with E-state index in [0.29, 0.717) is 12.5 Å². The minimum atomic E-state index is 0.